The minimum absolute atomic E-state index is 0.0681. The van der Waals surface area contributed by atoms with E-state index in [0.29, 0.717) is 18.9 Å². The maximum absolute atomic E-state index is 14.8. The number of carbonyl (C=O) groups is 3. The van der Waals surface area contributed by atoms with E-state index >= 15 is 0 Å². The Labute approximate surface area is 326 Å². The van der Waals surface area contributed by atoms with Crippen molar-refractivity contribution in [3.8, 4) is 22.5 Å². The number of hydrazine groups is 1. The minimum Gasteiger partial charge on any atom is -0.464 e. The lowest BCUT2D eigenvalue weighted by atomic mass is 9.63. The average molecular weight is 765 g/mol. The first-order chi connectivity index (χ1) is 26.4. The van der Waals surface area contributed by atoms with Crippen molar-refractivity contribution >= 4 is 40.0 Å². The minimum atomic E-state index is -0.795. The van der Waals surface area contributed by atoms with Crippen molar-refractivity contribution in [1.29, 1.82) is 0 Å². The average Bonchev–Trinajstić information content (AvgIpc) is 4.03. The van der Waals surface area contributed by atoms with Gasteiger partial charge in [-0.3, -0.25) is 24.4 Å². The molecule has 55 heavy (non-hydrogen) atoms. The molecule has 3 aliphatic carbocycles. The topological polar surface area (TPSA) is 128 Å². The number of esters is 1. The lowest BCUT2D eigenvalue weighted by Gasteiger charge is -2.47. The van der Waals surface area contributed by atoms with Crippen molar-refractivity contribution in [1.82, 2.24) is 30.3 Å². The van der Waals surface area contributed by atoms with Crippen LogP contribution >= 0.6 is 11.3 Å². The zero-order valence-corrected chi connectivity index (χ0v) is 33.5. The van der Waals surface area contributed by atoms with Crippen LogP contribution in [0, 0.1) is 29.1 Å². The first-order valence-corrected chi connectivity index (χ1v) is 20.9. The first-order valence-electron chi connectivity index (χ1n) is 20.1. The summed E-state index contributed by atoms with van der Waals surface area (Å²) in [6.45, 7) is 12.0. The third-order valence-electron chi connectivity index (χ3n) is 13.2. The third-order valence-corrected chi connectivity index (χ3v) is 14.3. The van der Waals surface area contributed by atoms with Crippen LogP contribution in [0.2, 0.25) is 0 Å². The van der Waals surface area contributed by atoms with Gasteiger partial charge in [0.2, 0.25) is 5.91 Å². The molecule has 4 fully saturated rings. The van der Waals surface area contributed by atoms with Crippen LogP contribution in [0.15, 0.2) is 41.9 Å². The number of hydrogen-bond acceptors (Lipinski definition) is 9. The van der Waals surface area contributed by atoms with Gasteiger partial charge in [-0.25, -0.2) is 10.4 Å². The molecule has 9 rings (SSSR count). The van der Waals surface area contributed by atoms with Gasteiger partial charge in [0.05, 0.1) is 35.2 Å². The molecular formula is C43H52N6O5S. The Morgan fingerprint density at radius 3 is 2.71 bits per heavy atom. The van der Waals surface area contributed by atoms with Gasteiger partial charge in [0.25, 0.3) is 5.91 Å². The molecule has 2 aliphatic heterocycles. The molecule has 1 saturated heterocycles. The van der Waals surface area contributed by atoms with E-state index in [0.717, 1.165) is 88.3 Å². The summed E-state index contributed by atoms with van der Waals surface area (Å²) in [6.07, 6.45) is 6.36. The number of ether oxygens (including phenoxy) is 2. The molecule has 5 aliphatic rings. The number of cyclic esters (lactones) is 1. The molecule has 1 aromatic carbocycles. The van der Waals surface area contributed by atoms with Crippen molar-refractivity contribution in [3.63, 3.8) is 0 Å². The maximum Gasteiger partial charge on any atom is 0.325 e. The number of carbonyl (C=O) groups excluding carboxylic acids is 3. The summed E-state index contributed by atoms with van der Waals surface area (Å²) in [4.78, 5) is 52.6. The van der Waals surface area contributed by atoms with Crippen LogP contribution in [-0.2, 0) is 42.2 Å². The van der Waals surface area contributed by atoms with E-state index in [1.165, 1.54) is 0 Å². The molecule has 12 heteroatoms. The Morgan fingerprint density at radius 2 is 2.00 bits per heavy atom. The number of hydrogen-bond donors (Lipinski definition) is 2. The second kappa shape index (κ2) is 13.5. The lowest BCUT2D eigenvalue weighted by molar-refractivity contribution is -0.157. The zero-order chi connectivity index (χ0) is 38.4. The number of methoxy groups -OCH3 is 1. The highest BCUT2D eigenvalue weighted by Gasteiger charge is 2.58. The van der Waals surface area contributed by atoms with E-state index in [9.17, 15) is 14.4 Å². The van der Waals surface area contributed by atoms with Crippen LogP contribution in [0.4, 0.5) is 0 Å². The Hall–Kier alpha value is -4.13. The SMILES string of the molecule is CCn1c(-c2cccnc2[C@H](C)OC)c2c3cc(ccc31)-c1csc(n1)C1(CCC1)[C@H](NC(=O)[C@H]1C[C@@H]1C)C(=O)N1C[C@H]3C[C@H]3[C@H](N1)C(=O)OCC(C)(C)C2. The van der Waals surface area contributed by atoms with Gasteiger partial charge in [-0.05, 0) is 93.5 Å². The quantitative estimate of drug-likeness (QED) is 0.211. The maximum atomic E-state index is 14.8. The Morgan fingerprint density at radius 1 is 1.20 bits per heavy atom. The van der Waals surface area contributed by atoms with E-state index in [1.54, 1.807) is 23.5 Å². The van der Waals surface area contributed by atoms with Crippen molar-refractivity contribution < 1.29 is 23.9 Å². The number of aryl methyl sites for hydroxylation is 1. The fourth-order valence-electron chi connectivity index (χ4n) is 9.51. The van der Waals surface area contributed by atoms with E-state index in [2.05, 4.69) is 72.7 Å². The van der Waals surface area contributed by atoms with E-state index in [4.69, 9.17) is 19.4 Å². The zero-order valence-electron chi connectivity index (χ0n) is 32.7. The number of rotatable bonds is 6. The largest absolute Gasteiger partial charge is 0.464 e. The van der Waals surface area contributed by atoms with Crippen LogP contribution < -0.4 is 10.7 Å². The fraction of sp³-hybridized carbons (Fsp3) is 0.558. The van der Waals surface area contributed by atoms with Crippen LogP contribution in [0.25, 0.3) is 33.4 Å². The van der Waals surface area contributed by atoms with Gasteiger partial charge in [-0.15, -0.1) is 11.3 Å². The first kappa shape index (κ1) is 36.5. The van der Waals surface area contributed by atoms with Crippen molar-refractivity contribution in [3.05, 3.63) is 58.2 Å². The number of thiazole rings is 1. The van der Waals surface area contributed by atoms with E-state index < -0.39 is 22.9 Å². The molecule has 2 N–H and O–H groups in total. The highest BCUT2D eigenvalue weighted by Crippen LogP contribution is 2.51. The molecule has 7 atom stereocenters. The Balaban J connectivity index is 1.21. The Bertz CT molecular complexity index is 2190. The summed E-state index contributed by atoms with van der Waals surface area (Å²) >= 11 is 1.58. The summed E-state index contributed by atoms with van der Waals surface area (Å²) in [5.41, 5.74) is 9.36. The number of benzene rings is 1. The van der Waals surface area contributed by atoms with Gasteiger partial charge in [0.1, 0.15) is 17.1 Å². The van der Waals surface area contributed by atoms with Crippen molar-refractivity contribution in [2.24, 2.45) is 29.1 Å². The second-order valence-electron chi connectivity index (χ2n) is 17.6. The molecule has 2 amide bonds. The third kappa shape index (κ3) is 6.19. The summed E-state index contributed by atoms with van der Waals surface area (Å²) < 4.78 is 14.4. The number of aromatic nitrogens is 3. The van der Waals surface area contributed by atoms with Gasteiger partial charge in [0.15, 0.2) is 0 Å². The standard InChI is InChI=1S/C43H52N6O5S/c1-7-48-33-12-11-25-17-30(33)31(36(48)27-10-8-15-44-34(27)24(3)53-6)19-42(4,5)22-54-40(52)35-29-18-26(29)20-49(47-35)39(51)37(46-38(50)28-16-23(28)2)43(13-9-14-43)41-45-32(25)21-55-41/h8,10-12,15,17,21,23-24,26,28-29,35,37,47H,7,9,13-14,16,18-20,22H2,1-6H3,(H,46,50)/t23-,24-,26+,28-,29+,35-,37+/m0/s1. The van der Waals surface area contributed by atoms with E-state index in [-0.39, 0.29) is 48.2 Å². The number of fused-ring (bicyclic) bond motifs is 9. The molecule has 3 aromatic heterocycles. The molecule has 11 nitrogen and oxygen atoms in total. The van der Waals surface area contributed by atoms with Crippen LogP contribution in [0.1, 0.15) is 89.1 Å². The normalized spacial score (nSPS) is 28.5. The summed E-state index contributed by atoms with van der Waals surface area (Å²) in [7, 11) is 1.71. The summed E-state index contributed by atoms with van der Waals surface area (Å²) in [5.74, 6) is -0.0535. The van der Waals surface area contributed by atoms with Crippen molar-refractivity contribution in [2.75, 3.05) is 20.3 Å². The van der Waals surface area contributed by atoms with Crippen LogP contribution in [0.3, 0.4) is 0 Å². The fourth-order valence-corrected chi connectivity index (χ4v) is 10.6. The van der Waals surface area contributed by atoms with Crippen molar-refractivity contribution in [2.45, 2.75) is 103 Å². The molecule has 0 radical (unpaired) electrons. The molecule has 6 bridgehead atoms. The van der Waals surface area contributed by atoms with Gasteiger partial charge in [-0.1, -0.05) is 33.3 Å². The predicted octanol–water partition coefficient (Wildman–Crippen LogP) is 6.59. The predicted molar refractivity (Wildman–Crippen MR) is 211 cm³/mol. The molecular weight excluding hydrogens is 713 g/mol. The lowest BCUT2D eigenvalue weighted by Crippen LogP contribution is -2.66. The van der Waals surface area contributed by atoms with Gasteiger partial charge < -0.3 is 19.4 Å². The molecule has 0 unspecified atom stereocenters. The summed E-state index contributed by atoms with van der Waals surface area (Å²) in [5, 5.41) is 8.97. The van der Waals surface area contributed by atoms with Gasteiger partial charge in [0, 0.05) is 65.1 Å². The number of pyridine rings is 1. The molecule has 4 aromatic rings. The molecule has 290 valence electrons. The molecule has 5 heterocycles. The summed E-state index contributed by atoms with van der Waals surface area (Å²) in [6, 6.07) is 9.27. The van der Waals surface area contributed by atoms with Crippen LogP contribution in [0.5, 0.6) is 0 Å². The Kier molecular flexibility index (Phi) is 8.97. The molecule has 1 spiro atoms. The van der Waals surface area contributed by atoms with Gasteiger partial charge >= 0.3 is 5.97 Å². The highest BCUT2D eigenvalue weighted by molar-refractivity contribution is 7.10. The second-order valence-corrected chi connectivity index (χ2v) is 18.4. The van der Waals surface area contributed by atoms with Gasteiger partial charge in [-0.2, -0.15) is 0 Å². The monoisotopic (exact) mass is 764 g/mol. The highest BCUT2D eigenvalue weighted by atomic mass is 32.1. The molecule has 3 saturated carbocycles. The smallest absolute Gasteiger partial charge is 0.325 e. The number of nitrogens with zero attached hydrogens (tertiary/aromatic N) is 4. The van der Waals surface area contributed by atoms with E-state index in [1.807, 2.05) is 19.2 Å². The number of nitrogens with one attached hydrogen (secondary N) is 2. The number of amides is 2. The van der Waals surface area contributed by atoms with Crippen LogP contribution in [-0.4, -0.2) is 69.7 Å².